The zero-order chi connectivity index (χ0) is 15.9. The van der Waals surface area contributed by atoms with Crippen LogP contribution in [0.25, 0.3) is 0 Å². The molecule has 1 aromatic carbocycles. The minimum absolute atomic E-state index is 0.251. The first-order valence-corrected chi connectivity index (χ1v) is 8.49. The van der Waals surface area contributed by atoms with Crippen molar-refractivity contribution in [3.8, 4) is 0 Å². The van der Waals surface area contributed by atoms with E-state index in [9.17, 15) is 4.79 Å². The highest BCUT2D eigenvalue weighted by Crippen LogP contribution is 2.20. The molecule has 5 heteroatoms. The van der Waals surface area contributed by atoms with Gasteiger partial charge in [0, 0.05) is 55.9 Å². The van der Waals surface area contributed by atoms with Crippen LogP contribution < -0.4 is 10.2 Å². The van der Waals surface area contributed by atoms with E-state index in [4.69, 9.17) is 11.6 Å². The van der Waals surface area contributed by atoms with Crippen molar-refractivity contribution in [1.29, 1.82) is 0 Å². The van der Waals surface area contributed by atoms with Gasteiger partial charge in [0.2, 0.25) is 5.91 Å². The average Bonchev–Trinajstić information content (AvgIpc) is 2.54. The number of halogens is 1. The second-order valence-electron chi connectivity index (χ2n) is 5.86. The SMILES string of the molecule is CCC(C)NCCC(=O)N1CCN(c2cccc(Cl)c2)CC1. The lowest BCUT2D eigenvalue weighted by Gasteiger charge is -2.36. The predicted molar refractivity (Wildman–Crippen MR) is 92.6 cm³/mol. The molecule has 1 fully saturated rings. The first-order valence-electron chi connectivity index (χ1n) is 8.12. The molecule has 0 bridgehead atoms. The van der Waals surface area contributed by atoms with Gasteiger partial charge in [-0.2, -0.15) is 0 Å². The largest absolute Gasteiger partial charge is 0.368 e. The Bertz CT molecular complexity index is 487. The third-order valence-electron chi connectivity index (χ3n) is 4.25. The number of hydrogen-bond acceptors (Lipinski definition) is 3. The fourth-order valence-electron chi connectivity index (χ4n) is 2.61. The van der Waals surface area contributed by atoms with Gasteiger partial charge in [0.1, 0.15) is 0 Å². The normalized spacial score (nSPS) is 16.7. The van der Waals surface area contributed by atoms with E-state index in [-0.39, 0.29) is 5.91 Å². The fourth-order valence-corrected chi connectivity index (χ4v) is 2.80. The Morgan fingerprint density at radius 2 is 2.05 bits per heavy atom. The summed E-state index contributed by atoms with van der Waals surface area (Å²) in [6, 6.07) is 8.38. The molecule has 1 aliphatic heterocycles. The quantitative estimate of drug-likeness (QED) is 0.874. The van der Waals surface area contributed by atoms with Crippen molar-refractivity contribution in [1.82, 2.24) is 10.2 Å². The molecular formula is C17H26ClN3O. The number of nitrogens with one attached hydrogen (secondary N) is 1. The summed E-state index contributed by atoms with van der Waals surface area (Å²) in [5, 5.41) is 4.13. The fraction of sp³-hybridized carbons (Fsp3) is 0.588. The van der Waals surface area contributed by atoms with Crippen LogP contribution in [-0.4, -0.2) is 49.6 Å². The van der Waals surface area contributed by atoms with E-state index >= 15 is 0 Å². The van der Waals surface area contributed by atoms with Crippen molar-refractivity contribution in [2.24, 2.45) is 0 Å². The van der Waals surface area contributed by atoms with Crippen LogP contribution in [0, 0.1) is 0 Å². The summed E-state index contributed by atoms with van der Waals surface area (Å²) < 4.78 is 0. The lowest BCUT2D eigenvalue weighted by atomic mass is 10.2. The summed E-state index contributed by atoms with van der Waals surface area (Å²) in [6.45, 7) is 8.37. The molecule has 22 heavy (non-hydrogen) atoms. The number of nitrogens with zero attached hydrogens (tertiary/aromatic N) is 2. The average molecular weight is 324 g/mol. The van der Waals surface area contributed by atoms with Crippen LogP contribution in [0.3, 0.4) is 0 Å². The van der Waals surface area contributed by atoms with Crippen LogP contribution in [0.5, 0.6) is 0 Å². The highest BCUT2D eigenvalue weighted by Gasteiger charge is 2.21. The van der Waals surface area contributed by atoms with Crippen molar-refractivity contribution >= 4 is 23.2 Å². The van der Waals surface area contributed by atoms with Gasteiger partial charge >= 0.3 is 0 Å². The van der Waals surface area contributed by atoms with E-state index in [0.717, 1.165) is 49.9 Å². The van der Waals surface area contributed by atoms with Gasteiger partial charge in [-0.1, -0.05) is 24.6 Å². The summed E-state index contributed by atoms with van der Waals surface area (Å²) in [5.74, 6) is 0.251. The Morgan fingerprint density at radius 3 is 2.68 bits per heavy atom. The van der Waals surface area contributed by atoms with Crippen molar-refractivity contribution in [2.45, 2.75) is 32.7 Å². The molecule has 1 N–H and O–H groups in total. The summed E-state index contributed by atoms with van der Waals surface area (Å²) in [6.07, 6.45) is 1.67. The van der Waals surface area contributed by atoms with Gasteiger partial charge in [0.15, 0.2) is 0 Å². The van der Waals surface area contributed by atoms with E-state index < -0.39 is 0 Å². The molecule has 2 rings (SSSR count). The third-order valence-corrected chi connectivity index (χ3v) is 4.48. The Morgan fingerprint density at radius 1 is 1.32 bits per heavy atom. The van der Waals surface area contributed by atoms with Crippen molar-refractivity contribution < 1.29 is 4.79 Å². The molecule has 1 aliphatic rings. The second kappa shape index (κ2) is 8.39. The molecule has 0 radical (unpaired) electrons. The maximum Gasteiger partial charge on any atom is 0.223 e. The van der Waals surface area contributed by atoms with Gasteiger partial charge in [0.05, 0.1) is 0 Å². The highest BCUT2D eigenvalue weighted by atomic mass is 35.5. The smallest absolute Gasteiger partial charge is 0.223 e. The zero-order valence-electron chi connectivity index (χ0n) is 13.5. The van der Waals surface area contributed by atoms with Crippen LogP contribution >= 0.6 is 11.6 Å². The minimum atomic E-state index is 0.251. The zero-order valence-corrected chi connectivity index (χ0v) is 14.3. The molecule has 0 spiro atoms. The van der Waals surface area contributed by atoms with Crippen LogP contribution in [0.15, 0.2) is 24.3 Å². The monoisotopic (exact) mass is 323 g/mol. The number of anilines is 1. The number of rotatable bonds is 6. The van der Waals surface area contributed by atoms with Gasteiger partial charge in [0.25, 0.3) is 0 Å². The molecule has 0 aliphatic carbocycles. The standard InChI is InChI=1S/C17H26ClN3O/c1-3-14(2)19-8-7-17(22)21-11-9-20(10-12-21)16-6-4-5-15(18)13-16/h4-6,13-14,19H,3,7-12H2,1-2H3. The minimum Gasteiger partial charge on any atom is -0.368 e. The van der Waals surface area contributed by atoms with E-state index in [1.807, 2.05) is 23.1 Å². The van der Waals surface area contributed by atoms with Gasteiger partial charge in [-0.15, -0.1) is 0 Å². The number of amides is 1. The maximum atomic E-state index is 12.2. The third kappa shape index (κ3) is 4.89. The summed E-state index contributed by atoms with van der Waals surface area (Å²) in [5.41, 5.74) is 1.14. The number of carbonyl (C=O) groups is 1. The lowest BCUT2D eigenvalue weighted by Crippen LogP contribution is -2.49. The molecule has 1 atom stereocenters. The molecule has 1 heterocycles. The Hall–Kier alpha value is -1.26. The maximum absolute atomic E-state index is 12.2. The highest BCUT2D eigenvalue weighted by molar-refractivity contribution is 6.30. The van der Waals surface area contributed by atoms with Crippen molar-refractivity contribution in [3.05, 3.63) is 29.3 Å². The molecule has 1 unspecified atom stereocenters. The first kappa shape index (κ1) is 17.1. The molecule has 1 saturated heterocycles. The van der Waals surface area contributed by atoms with Gasteiger partial charge in [-0.3, -0.25) is 4.79 Å². The van der Waals surface area contributed by atoms with E-state index in [2.05, 4.69) is 30.1 Å². The van der Waals surface area contributed by atoms with E-state index in [1.54, 1.807) is 0 Å². The lowest BCUT2D eigenvalue weighted by molar-refractivity contribution is -0.131. The van der Waals surface area contributed by atoms with Crippen LogP contribution in [-0.2, 0) is 4.79 Å². The van der Waals surface area contributed by atoms with Crippen molar-refractivity contribution in [2.75, 3.05) is 37.6 Å². The number of piperazine rings is 1. The molecule has 0 saturated carbocycles. The second-order valence-corrected chi connectivity index (χ2v) is 6.30. The van der Waals surface area contributed by atoms with Gasteiger partial charge in [-0.25, -0.2) is 0 Å². The van der Waals surface area contributed by atoms with Crippen LogP contribution in [0.4, 0.5) is 5.69 Å². The van der Waals surface area contributed by atoms with Gasteiger partial charge in [-0.05, 0) is 31.5 Å². The van der Waals surface area contributed by atoms with Crippen molar-refractivity contribution in [3.63, 3.8) is 0 Å². The predicted octanol–water partition coefficient (Wildman–Crippen LogP) is 2.77. The summed E-state index contributed by atoms with van der Waals surface area (Å²) >= 11 is 6.04. The number of hydrogen-bond donors (Lipinski definition) is 1. The number of carbonyl (C=O) groups excluding carboxylic acids is 1. The topological polar surface area (TPSA) is 35.6 Å². The molecule has 1 aromatic rings. The van der Waals surface area contributed by atoms with Crippen LogP contribution in [0.1, 0.15) is 26.7 Å². The molecule has 1 amide bonds. The summed E-state index contributed by atoms with van der Waals surface area (Å²) in [4.78, 5) is 16.5. The Kier molecular flexibility index (Phi) is 6.52. The Labute approximate surface area is 138 Å². The summed E-state index contributed by atoms with van der Waals surface area (Å²) in [7, 11) is 0. The first-order chi connectivity index (χ1) is 10.6. The van der Waals surface area contributed by atoms with E-state index in [0.29, 0.717) is 12.5 Å². The molecule has 4 nitrogen and oxygen atoms in total. The van der Waals surface area contributed by atoms with Crippen LogP contribution in [0.2, 0.25) is 5.02 Å². The Balaban J connectivity index is 1.76. The molecule has 0 aromatic heterocycles. The number of benzene rings is 1. The van der Waals surface area contributed by atoms with Gasteiger partial charge < -0.3 is 15.1 Å². The van der Waals surface area contributed by atoms with E-state index in [1.165, 1.54) is 0 Å². The molecular weight excluding hydrogens is 298 g/mol. The molecule has 122 valence electrons.